The van der Waals surface area contributed by atoms with Crippen LogP contribution < -0.4 is 5.32 Å². The number of nitrogens with one attached hydrogen (secondary N) is 1. The van der Waals surface area contributed by atoms with Gasteiger partial charge in [-0.05, 0) is 30.7 Å². The number of allylic oxidation sites excluding steroid dienone is 1. The quantitative estimate of drug-likeness (QED) is 0.311. The lowest BCUT2D eigenvalue weighted by molar-refractivity contribution is 0.155. The SMILES string of the molecule is C/C=C(\NC=NCOCC[Si](C)(C)C)c1ccc(Br)cc1. The van der Waals surface area contributed by atoms with Gasteiger partial charge >= 0.3 is 0 Å². The first kappa shape index (κ1) is 18.1. The zero-order chi connectivity index (χ0) is 15.7. The maximum atomic E-state index is 5.52. The standard InChI is InChI=1S/C16H25BrN2OSi/c1-5-16(14-6-8-15(17)9-7-14)19-12-18-13-20-10-11-21(2,3)4/h5-9,12H,10-11,13H2,1-4H3,(H,18,19)/b16-5-. The van der Waals surface area contributed by atoms with Gasteiger partial charge in [-0.15, -0.1) is 0 Å². The summed E-state index contributed by atoms with van der Waals surface area (Å²) in [7, 11) is -1.00. The minimum absolute atomic E-state index is 0.412. The van der Waals surface area contributed by atoms with Gasteiger partial charge in [-0.3, -0.25) is 0 Å². The molecule has 0 saturated carbocycles. The lowest BCUT2D eigenvalue weighted by Gasteiger charge is -2.14. The number of benzene rings is 1. The Morgan fingerprint density at radius 3 is 2.52 bits per heavy atom. The van der Waals surface area contributed by atoms with Crippen molar-refractivity contribution in [2.45, 2.75) is 32.6 Å². The summed E-state index contributed by atoms with van der Waals surface area (Å²) in [6.45, 7) is 10.3. The Morgan fingerprint density at radius 1 is 1.29 bits per heavy atom. The van der Waals surface area contributed by atoms with Crippen molar-refractivity contribution in [1.82, 2.24) is 5.32 Å². The van der Waals surface area contributed by atoms with E-state index in [9.17, 15) is 0 Å². The van der Waals surface area contributed by atoms with Crippen molar-refractivity contribution in [2.24, 2.45) is 4.99 Å². The molecule has 3 nitrogen and oxygen atoms in total. The van der Waals surface area contributed by atoms with Crippen molar-refractivity contribution in [3.05, 3.63) is 40.4 Å². The average Bonchev–Trinajstić information content (AvgIpc) is 2.42. The Labute approximate surface area is 137 Å². The van der Waals surface area contributed by atoms with Gasteiger partial charge in [-0.25, -0.2) is 4.99 Å². The molecule has 5 heteroatoms. The molecule has 0 aliphatic carbocycles. The number of ether oxygens (including phenoxy) is 1. The molecular formula is C16H25BrN2OSi. The smallest absolute Gasteiger partial charge is 0.139 e. The second kappa shape index (κ2) is 9.18. The third kappa shape index (κ3) is 8.19. The molecule has 0 radical (unpaired) electrons. The van der Waals surface area contributed by atoms with Gasteiger partial charge < -0.3 is 10.1 Å². The molecule has 116 valence electrons. The van der Waals surface area contributed by atoms with E-state index < -0.39 is 8.07 Å². The zero-order valence-electron chi connectivity index (χ0n) is 13.3. The number of hydrogen-bond acceptors (Lipinski definition) is 2. The van der Waals surface area contributed by atoms with Gasteiger partial charge in [0, 0.05) is 24.9 Å². The van der Waals surface area contributed by atoms with Crippen molar-refractivity contribution in [3.8, 4) is 0 Å². The number of aliphatic imine (C=N–C) groups is 1. The highest BCUT2D eigenvalue weighted by molar-refractivity contribution is 9.10. The van der Waals surface area contributed by atoms with Gasteiger partial charge in [0.1, 0.15) is 6.73 Å². The molecule has 0 aliphatic heterocycles. The molecule has 0 unspecified atom stereocenters. The maximum Gasteiger partial charge on any atom is 0.139 e. The third-order valence-corrected chi connectivity index (χ3v) is 5.15. The topological polar surface area (TPSA) is 33.6 Å². The lowest BCUT2D eigenvalue weighted by atomic mass is 10.1. The minimum Gasteiger partial charge on any atom is -0.360 e. The first-order valence-corrected chi connectivity index (χ1v) is 11.7. The molecule has 1 N–H and O–H groups in total. The molecule has 0 fully saturated rings. The van der Waals surface area contributed by atoms with E-state index >= 15 is 0 Å². The van der Waals surface area contributed by atoms with Crippen LogP contribution in [0.5, 0.6) is 0 Å². The van der Waals surface area contributed by atoms with Crippen LogP contribution in [0.25, 0.3) is 5.70 Å². The summed E-state index contributed by atoms with van der Waals surface area (Å²) in [5.41, 5.74) is 2.17. The van der Waals surface area contributed by atoms with Gasteiger partial charge in [0.25, 0.3) is 0 Å². The van der Waals surface area contributed by atoms with Gasteiger partial charge in [0.2, 0.25) is 0 Å². The van der Waals surface area contributed by atoms with E-state index in [2.05, 4.69) is 58.0 Å². The fourth-order valence-electron chi connectivity index (χ4n) is 1.61. The Kier molecular flexibility index (Phi) is 7.92. The first-order valence-electron chi connectivity index (χ1n) is 7.17. The van der Waals surface area contributed by atoms with E-state index in [1.807, 2.05) is 25.1 Å². The summed E-state index contributed by atoms with van der Waals surface area (Å²) >= 11 is 3.44. The molecule has 0 bridgehead atoms. The Morgan fingerprint density at radius 2 is 1.95 bits per heavy atom. The van der Waals surface area contributed by atoms with Crippen molar-refractivity contribution in [1.29, 1.82) is 0 Å². The van der Waals surface area contributed by atoms with Crippen LogP contribution in [0.1, 0.15) is 12.5 Å². The summed E-state index contributed by atoms with van der Waals surface area (Å²) in [6, 6.07) is 9.35. The number of rotatable bonds is 8. The van der Waals surface area contributed by atoms with Crippen molar-refractivity contribution in [3.63, 3.8) is 0 Å². The predicted molar refractivity (Wildman–Crippen MR) is 98.4 cm³/mol. The molecule has 0 saturated heterocycles. The van der Waals surface area contributed by atoms with Crippen LogP contribution in [0.2, 0.25) is 25.7 Å². The lowest BCUT2D eigenvalue weighted by Crippen LogP contribution is -2.21. The summed E-state index contributed by atoms with van der Waals surface area (Å²) in [5, 5.41) is 3.20. The van der Waals surface area contributed by atoms with Crippen molar-refractivity contribution < 1.29 is 4.74 Å². The Bertz CT molecular complexity index is 478. The van der Waals surface area contributed by atoms with Gasteiger partial charge in [0.05, 0.1) is 6.34 Å². The van der Waals surface area contributed by atoms with Crippen LogP contribution in [0.3, 0.4) is 0 Å². The van der Waals surface area contributed by atoms with E-state index in [4.69, 9.17) is 4.74 Å². The van der Waals surface area contributed by atoms with Crippen LogP contribution in [-0.2, 0) is 4.74 Å². The van der Waals surface area contributed by atoms with Crippen LogP contribution in [-0.4, -0.2) is 27.8 Å². The van der Waals surface area contributed by atoms with E-state index in [1.54, 1.807) is 6.34 Å². The zero-order valence-corrected chi connectivity index (χ0v) is 15.9. The van der Waals surface area contributed by atoms with E-state index in [-0.39, 0.29) is 0 Å². The monoisotopic (exact) mass is 368 g/mol. The van der Waals surface area contributed by atoms with Crippen LogP contribution in [0.4, 0.5) is 0 Å². The molecule has 0 amide bonds. The van der Waals surface area contributed by atoms with E-state index in [1.165, 1.54) is 6.04 Å². The molecule has 0 aliphatic rings. The average molecular weight is 369 g/mol. The second-order valence-electron chi connectivity index (χ2n) is 6.01. The Hall–Kier alpha value is -0.913. The van der Waals surface area contributed by atoms with Gasteiger partial charge in [-0.1, -0.05) is 53.8 Å². The molecule has 1 aromatic rings. The number of hydrogen-bond donors (Lipinski definition) is 1. The van der Waals surface area contributed by atoms with Gasteiger partial charge in [-0.2, -0.15) is 0 Å². The van der Waals surface area contributed by atoms with Crippen molar-refractivity contribution in [2.75, 3.05) is 13.3 Å². The summed E-state index contributed by atoms with van der Waals surface area (Å²) in [5.74, 6) is 0. The fourth-order valence-corrected chi connectivity index (χ4v) is 2.63. The van der Waals surface area contributed by atoms with Crippen LogP contribution in [0, 0.1) is 0 Å². The Balaban J connectivity index is 2.32. The maximum absolute atomic E-state index is 5.52. The molecule has 1 aromatic carbocycles. The molecule has 0 heterocycles. The molecule has 0 aromatic heterocycles. The molecule has 21 heavy (non-hydrogen) atoms. The molecular weight excluding hydrogens is 344 g/mol. The second-order valence-corrected chi connectivity index (χ2v) is 12.6. The summed E-state index contributed by atoms with van der Waals surface area (Å²) in [4.78, 5) is 4.23. The van der Waals surface area contributed by atoms with E-state index in [0.717, 1.165) is 22.3 Å². The van der Waals surface area contributed by atoms with Crippen LogP contribution >= 0.6 is 15.9 Å². The minimum atomic E-state index is -1.00. The predicted octanol–water partition coefficient (Wildman–Crippen LogP) is 4.74. The highest BCUT2D eigenvalue weighted by atomic mass is 79.9. The normalized spacial score (nSPS) is 12.9. The van der Waals surface area contributed by atoms with Gasteiger partial charge in [0.15, 0.2) is 0 Å². The number of halogens is 1. The van der Waals surface area contributed by atoms with Crippen LogP contribution in [0.15, 0.2) is 39.8 Å². The number of nitrogens with zero attached hydrogens (tertiary/aromatic N) is 1. The summed E-state index contributed by atoms with van der Waals surface area (Å²) in [6.07, 6.45) is 3.73. The molecule has 0 atom stereocenters. The first-order chi connectivity index (χ1) is 9.92. The third-order valence-electron chi connectivity index (χ3n) is 2.92. The molecule has 0 spiro atoms. The largest absolute Gasteiger partial charge is 0.360 e. The van der Waals surface area contributed by atoms with Crippen molar-refractivity contribution >= 4 is 36.0 Å². The fraction of sp³-hybridized carbons (Fsp3) is 0.438. The highest BCUT2D eigenvalue weighted by Gasteiger charge is 2.11. The van der Waals surface area contributed by atoms with E-state index in [0.29, 0.717) is 6.73 Å². The highest BCUT2D eigenvalue weighted by Crippen LogP contribution is 2.15. The molecule has 1 rings (SSSR count). The summed E-state index contributed by atoms with van der Waals surface area (Å²) < 4.78 is 6.59.